The molecule has 0 heterocycles. The molecule has 0 saturated heterocycles. The molecule has 3 heteroatoms. The zero-order valence-corrected chi connectivity index (χ0v) is 10.9. The molecule has 0 bridgehead atoms. The van der Waals surface area contributed by atoms with Crippen LogP contribution in [0.5, 0.6) is 5.75 Å². The SMILES string of the molecule is CCCOc1ccc(CCC)cc1C(N)CN. The van der Waals surface area contributed by atoms with E-state index in [2.05, 4.69) is 26.0 Å². The predicted molar refractivity (Wildman–Crippen MR) is 72.2 cm³/mol. The fourth-order valence-corrected chi connectivity index (χ4v) is 1.80. The van der Waals surface area contributed by atoms with Gasteiger partial charge in [-0.05, 0) is 24.5 Å². The second-order valence-electron chi connectivity index (χ2n) is 4.31. The molecule has 1 unspecified atom stereocenters. The summed E-state index contributed by atoms with van der Waals surface area (Å²) < 4.78 is 5.71. The minimum Gasteiger partial charge on any atom is -0.493 e. The van der Waals surface area contributed by atoms with E-state index in [9.17, 15) is 0 Å². The van der Waals surface area contributed by atoms with E-state index < -0.39 is 0 Å². The van der Waals surface area contributed by atoms with E-state index in [1.165, 1.54) is 5.56 Å². The summed E-state index contributed by atoms with van der Waals surface area (Å²) in [5.74, 6) is 0.879. The van der Waals surface area contributed by atoms with Crippen molar-refractivity contribution >= 4 is 0 Å². The Balaban J connectivity index is 2.94. The first-order valence-electron chi connectivity index (χ1n) is 6.44. The summed E-state index contributed by atoms with van der Waals surface area (Å²) in [5.41, 5.74) is 14.0. The third kappa shape index (κ3) is 4.02. The molecule has 0 radical (unpaired) electrons. The molecular formula is C14H24N2O. The highest BCUT2D eigenvalue weighted by atomic mass is 16.5. The topological polar surface area (TPSA) is 61.3 Å². The van der Waals surface area contributed by atoms with Gasteiger partial charge in [-0.2, -0.15) is 0 Å². The molecule has 0 fully saturated rings. The van der Waals surface area contributed by atoms with Crippen molar-refractivity contribution in [2.75, 3.05) is 13.2 Å². The van der Waals surface area contributed by atoms with Gasteiger partial charge in [0.1, 0.15) is 5.75 Å². The Morgan fingerprint density at radius 3 is 2.59 bits per heavy atom. The van der Waals surface area contributed by atoms with Gasteiger partial charge in [-0.15, -0.1) is 0 Å². The van der Waals surface area contributed by atoms with Crippen molar-refractivity contribution in [1.29, 1.82) is 0 Å². The molecule has 0 saturated carbocycles. The standard InChI is InChI=1S/C14H24N2O/c1-3-5-11-6-7-14(17-8-4-2)12(9-11)13(16)10-15/h6-7,9,13H,3-5,8,10,15-16H2,1-2H3. The lowest BCUT2D eigenvalue weighted by Gasteiger charge is -2.17. The van der Waals surface area contributed by atoms with E-state index in [0.29, 0.717) is 6.54 Å². The average Bonchev–Trinajstić information content (AvgIpc) is 2.36. The third-order valence-corrected chi connectivity index (χ3v) is 2.73. The summed E-state index contributed by atoms with van der Waals surface area (Å²) in [5, 5.41) is 0. The first kappa shape index (κ1) is 14.0. The third-order valence-electron chi connectivity index (χ3n) is 2.73. The van der Waals surface area contributed by atoms with E-state index in [-0.39, 0.29) is 6.04 Å². The van der Waals surface area contributed by atoms with Gasteiger partial charge in [0.25, 0.3) is 0 Å². The monoisotopic (exact) mass is 236 g/mol. The Morgan fingerprint density at radius 2 is 2.00 bits per heavy atom. The number of benzene rings is 1. The van der Waals surface area contributed by atoms with Gasteiger partial charge in [0.15, 0.2) is 0 Å². The molecule has 4 N–H and O–H groups in total. The maximum absolute atomic E-state index is 6.03. The second kappa shape index (κ2) is 7.30. The van der Waals surface area contributed by atoms with Gasteiger partial charge in [0.2, 0.25) is 0 Å². The van der Waals surface area contributed by atoms with Crippen LogP contribution in [0.15, 0.2) is 18.2 Å². The lowest BCUT2D eigenvalue weighted by Crippen LogP contribution is -2.21. The van der Waals surface area contributed by atoms with Crippen molar-refractivity contribution in [2.45, 2.75) is 39.2 Å². The molecular weight excluding hydrogens is 212 g/mol. The Labute approximate surface area is 104 Å². The van der Waals surface area contributed by atoms with Crippen LogP contribution >= 0.6 is 0 Å². The molecule has 0 aromatic heterocycles. The summed E-state index contributed by atoms with van der Waals surface area (Å²) in [6.45, 7) is 5.42. The molecule has 0 aliphatic rings. The lowest BCUT2D eigenvalue weighted by atomic mass is 10.0. The highest BCUT2D eigenvalue weighted by Gasteiger charge is 2.11. The van der Waals surface area contributed by atoms with Gasteiger partial charge >= 0.3 is 0 Å². The second-order valence-corrected chi connectivity index (χ2v) is 4.31. The van der Waals surface area contributed by atoms with Crippen molar-refractivity contribution in [2.24, 2.45) is 11.5 Å². The fraction of sp³-hybridized carbons (Fsp3) is 0.571. The van der Waals surface area contributed by atoms with Gasteiger partial charge in [0, 0.05) is 18.2 Å². The molecule has 0 amide bonds. The van der Waals surface area contributed by atoms with E-state index in [0.717, 1.165) is 37.2 Å². The molecule has 1 rings (SSSR count). The summed E-state index contributed by atoms with van der Waals surface area (Å²) >= 11 is 0. The summed E-state index contributed by atoms with van der Waals surface area (Å²) in [7, 11) is 0. The van der Waals surface area contributed by atoms with Crippen LogP contribution in [-0.2, 0) is 6.42 Å². The molecule has 3 nitrogen and oxygen atoms in total. The van der Waals surface area contributed by atoms with Crippen molar-refractivity contribution < 1.29 is 4.74 Å². The minimum absolute atomic E-state index is 0.140. The van der Waals surface area contributed by atoms with Crippen LogP contribution in [0.3, 0.4) is 0 Å². The smallest absolute Gasteiger partial charge is 0.124 e. The summed E-state index contributed by atoms with van der Waals surface area (Å²) in [6.07, 6.45) is 3.19. The van der Waals surface area contributed by atoms with E-state index in [4.69, 9.17) is 16.2 Å². The van der Waals surface area contributed by atoms with Gasteiger partial charge in [-0.1, -0.05) is 32.4 Å². The largest absolute Gasteiger partial charge is 0.493 e. The van der Waals surface area contributed by atoms with Crippen LogP contribution in [0.25, 0.3) is 0 Å². The minimum atomic E-state index is -0.140. The zero-order valence-electron chi connectivity index (χ0n) is 10.9. The number of nitrogens with two attached hydrogens (primary N) is 2. The first-order chi connectivity index (χ1) is 8.22. The number of aryl methyl sites for hydroxylation is 1. The van der Waals surface area contributed by atoms with Crippen molar-refractivity contribution in [3.05, 3.63) is 29.3 Å². The Morgan fingerprint density at radius 1 is 1.24 bits per heavy atom. The fourth-order valence-electron chi connectivity index (χ4n) is 1.80. The molecule has 0 spiro atoms. The first-order valence-corrected chi connectivity index (χ1v) is 6.44. The van der Waals surface area contributed by atoms with Gasteiger partial charge in [-0.25, -0.2) is 0 Å². The van der Waals surface area contributed by atoms with Crippen LogP contribution in [0, 0.1) is 0 Å². The van der Waals surface area contributed by atoms with Gasteiger partial charge in [-0.3, -0.25) is 0 Å². The quantitative estimate of drug-likeness (QED) is 0.764. The lowest BCUT2D eigenvalue weighted by molar-refractivity contribution is 0.312. The Kier molecular flexibility index (Phi) is 6.01. The van der Waals surface area contributed by atoms with Crippen LogP contribution < -0.4 is 16.2 Å². The van der Waals surface area contributed by atoms with Crippen molar-refractivity contribution in [3.8, 4) is 5.75 Å². The molecule has 96 valence electrons. The number of ether oxygens (including phenoxy) is 1. The van der Waals surface area contributed by atoms with Gasteiger partial charge < -0.3 is 16.2 Å². The average molecular weight is 236 g/mol. The molecule has 0 aliphatic heterocycles. The number of hydrogen-bond acceptors (Lipinski definition) is 3. The van der Waals surface area contributed by atoms with E-state index >= 15 is 0 Å². The molecule has 1 aromatic carbocycles. The van der Waals surface area contributed by atoms with Crippen LogP contribution in [0.2, 0.25) is 0 Å². The maximum atomic E-state index is 6.03. The highest BCUT2D eigenvalue weighted by Crippen LogP contribution is 2.25. The Hall–Kier alpha value is -1.06. The van der Waals surface area contributed by atoms with E-state index in [1.54, 1.807) is 0 Å². The van der Waals surface area contributed by atoms with Crippen LogP contribution in [0.4, 0.5) is 0 Å². The highest BCUT2D eigenvalue weighted by molar-refractivity contribution is 5.39. The zero-order chi connectivity index (χ0) is 12.7. The number of rotatable bonds is 7. The summed E-state index contributed by atoms with van der Waals surface area (Å²) in [4.78, 5) is 0. The number of hydrogen-bond donors (Lipinski definition) is 2. The van der Waals surface area contributed by atoms with Crippen molar-refractivity contribution in [1.82, 2.24) is 0 Å². The normalized spacial score (nSPS) is 12.5. The van der Waals surface area contributed by atoms with E-state index in [1.807, 2.05) is 6.07 Å². The maximum Gasteiger partial charge on any atom is 0.124 e. The molecule has 1 atom stereocenters. The van der Waals surface area contributed by atoms with Crippen LogP contribution in [0.1, 0.15) is 43.9 Å². The van der Waals surface area contributed by atoms with Gasteiger partial charge in [0.05, 0.1) is 6.61 Å². The predicted octanol–water partition coefficient (Wildman–Crippen LogP) is 2.39. The Bertz CT molecular complexity index is 339. The molecule has 17 heavy (non-hydrogen) atoms. The van der Waals surface area contributed by atoms with Crippen LogP contribution in [-0.4, -0.2) is 13.2 Å². The van der Waals surface area contributed by atoms with Crippen molar-refractivity contribution in [3.63, 3.8) is 0 Å². The molecule has 0 aliphatic carbocycles. The summed E-state index contributed by atoms with van der Waals surface area (Å²) in [6, 6.07) is 6.12. The molecule has 1 aromatic rings.